The summed E-state index contributed by atoms with van der Waals surface area (Å²) in [6, 6.07) is 1.16. The standard InChI is InChI=1S/C14H19N5O4S2/c1-16-4-3-15-12(16)10-17-5-7-18(8-6-17)14-11(19(20)21)9-13(24-14)25(2,22)23/h3-4,9H,5-8,10H2,1-2H3. The lowest BCUT2D eigenvalue weighted by Crippen LogP contribution is -2.46. The van der Waals surface area contributed by atoms with Crippen LogP contribution in [0, 0.1) is 10.1 Å². The van der Waals surface area contributed by atoms with E-state index in [9.17, 15) is 18.5 Å². The van der Waals surface area contributed by atoms with Gasteiger partial charge in [0.15, 0.2) is 14.8 Å². The van der Waals surface area contributed by atoms with Crippen LogP contribution in [0.15, 0.2) is 22.7 Å². The fraction of sp³-hybridized carbons (Fsp3) is 0.500. The monoisotopic (exact) mass is 385 g/mol. The molecule has 9 nitrogen and oxygen atoms in total. The lowest BCUT2D eigenvalue weighted by Gasteiger charge is -2.34. The van der Waals surface area contributed by atoms with Crippen LogP contribution in [-0.4, -0.2) is 60.2 Å². The molecular weight excluding hydrogens is 366 g/mol. The molecule has 0 unspecified atom stereocenters. The van der Waals surface area contributed by atoms with Gasteiger partial charge in [0.1, 0.15) is 10.0 Å². The highest BCUT2D eigenvalue weighted by Gasteiger charge is 2.29. The normalized spacial score (nSPS) is 16.3. The van der Waals surface area contributed by atoms with Crippen molar-refractivity contribution in [3.8, 4) is 0 Å². The van der Waals surface area contributed by atoms with E-state index in [2.05, 4.69) is 9.88 Å². The second-order valence-electron chi connectivity index (χ2n) is 6.00. The Hall–Kier alpha value is -1.98. The molecule has 1 saturated heterocycles. The molecule has 2 aromatic heterocycles. The van der Waals surface area contributed by atoms with Gasteiger partial charge in [-0.15, -0.1) is 0 Å². The Bertz CT molecular complexity index is 881. The van der Waals surface area contributed by atoms with E-state index in [1.807, 2.05) is 22.7 Å². The summed E-state index contributed by atoms with van der Waals surface area (Å²) >= 11 is 0.972. The van der Waals surface area contributed by atoms with Crippen molar-refractivity contribution in [2.75, 3.05) is 37.3 Å². The minimum absolute atomic E-state index is 0.0321. The molecule has 0 aromatic carbocycles. The van der Waals surface area contributed by atoms with E-state index in [0.29, 0.717) is 18.1 Å². The molecule has 0 N–H and O–H groups in total. The lowest BCUT2D eigenvalue weighted by molar-refractivity contribution is -0.383. The summed E-state index contributed by atoms with van der Waals surface area (Å²) in [5.41, 5.74) is -0.136. The molecule has 0 saturated carbocycles. The Morgan fingerprint density at radius 3 is 2.52 bits per heavy atom. The molecule has 3 heterocycles. The van der Waals surface area contributed by atoms with Gasteiger partial charge in [-0.25, -0.2) is 13.4 Å². The Kier molecular flexibility index (Phi) is 4.80. The van der Waals surface area contributed by atoms with Crippen molar-refractivity contribution in [3.05, 3.63) is 34.4 Å². The fourth-order valence-electron chi connectivity index (χ4n) is 2.75. The predicted molar refractivity (Wildman–Crippen MR) is 94.8 cm³/mol. The summed E-state index contributed by atoms with van der Waals surface area (Å²) in [4.78, 5) is 19.2. The molecule has 25 heavy (non-hydrogen) atoms. The highest BCUT2D eigenvalue weighted by atomic mass is 32.2. The summed E-state index contributed by atoms with van der Waals surface area (Å²) in [5.74, 6) is 0.968. The molecule has 0 spiro atoms. The molecule has 0 atom stereocenters. The van der Waals surface area contributed by atoms with E-state index in [0.717, 1.165) is 49.1 Å². The second-order valence-corrected chi connectivity index (χ2v) is 9.28. The second kappa shape index (κ2) is 6.73. The Morgan fingerprint density at radius 1 is 1.32 bits per heavy atom. The number of aryl methyl sites for hydroxylation is 1. The minimum atomic E-state index is -3.46. The molecule has 0 aliphatic carbocycles. The van der Waals surface area contributed by atoms with Gasteiger partial charge in [0.2, 0.25) is 0 Å². The SMILES string of the molecule is Cn1ccnc1CN1CCN(c2sc(S(C)(=O)=O)cc2[N+](=O)[O-])CC1. The Balaban J connectivity index is 1.73. The van der Waals surface area contributed by atoms with Gasteiger partial charge < -0.3 is 9.47 Å². The summed E-state index contributed by atoms with van der Waals surface area (Å²) in [6.45, 7) is 3.40. The van der Waals surface area contributed by atoms with E-state index in [1.165, 1.54) is 0 Å². The number of anilines is 1. The van der Waals surface area contributed by atoms with Crippen molar-refractivity contribution >= 4 is 31.9 Å². The maximum atomic E-state index is 11.7. The molecule has 0 bridgehead atoms. The van der Waals surface area contributed by atoms with Crippen molar-refractivity contribution in [2.24, 2.45) is 7.05 Å². The summed E-state index contributed by atoms with van der Waals surface area (Å²) < 4.78 is 25.4. The van der Waals surface area contributed by atoms with Gasteiger partial charge in [-0.3, -0.25) is 15.0 Å². The quantitative estimate of drug-likeness (QED) is 0.561. The van der Waals surface area contributed by atoms with E-state index < -0.39 is 14.8 Å². The first-order valence-corrected chi connectivity index (χ1v) is 10.4. The predicted octanol–water partition coefficient (Wildman–Crippen LogP) is 1.12. The third-order valence-electron chi connectivity index (χ3n) is 4.18. The maximum absolute atomic E-state index is 11.7. The zero-order valence-electron chi connectivity index (χ0n) is 14.0. The number of rotatable bonds is 5. The number of sulfone groups is 1. The van der Waals surface area contributed by atoms with Crippen LogP contribution in [0.3, 0.4) is 0 Å². The number of aromatic nitrogens is 2. The van der Waals surface area contributed by atoms with Gasteiger partial charge >= 0.3 is 5.69 Å². The van der Waals surface area contributed by atoms with Crippen molar-refractivity contribution < 1.29 is 13.3 Å². The van der Waals surface area contributed by atoms with Crippen molar-refractivity contribution in [1.82, 2.24) is 14.5 Å². The van der Waals surface area contributed by atoms with Crippen LogP contribution < -0.4 is 4.90 Å². The zero-order valence-corrected chi connectivity index (χ0v) is 15.6. The molecule has 1 fully saturated rings. The average molecular weight is 385 g/mol. The van der Waals surface area contributed by atoms with Gasteiger partial charge in [0.25, 0.3) is 0 Å². The first kappa shape index (κ1) is 17.8. The summed E-state index contributed by atoms with van der Waals surface area (Å²) in [6.07, 6.45) is 4.72. The van der Waals surface area contributed by atoms with Crippen LogP contribution in [0.1, 0.15) is 5.82 Å². The van der Waals surface area contributed by atoms with E-state index in [1.54, 1.807) is 6.20 Å². The molecule has 2 aromatic rings. The first-order chi connectivity index (χ1) is 11.8. The van der Waals surface area contributed by atoms with Crippen LogP contribution in [-0.2, 0) is 23.4 Å². The molecule has 1 aliphatic rings. The molecular formula is C14H19N5O4S2. The Morgan fingerprint density at radius 2 is 2.00 bits per heavy atom. The van der Waals surface area contributed by atoms with Crippen LogP contribution in [0.5, 0.6) is 0 Å². The molecule has 0 radical (unpaired) electrons. The van der Waals surface area contributed by atoms with Crippen molar-refractivity contribution in [1.29, 1.82) is 0 Å². The van der Waals surface area contributed by atoms with Crippen LogP contribution >= 0.6 is 11.3 Å². The molecule has 3 rings (SSSR count). The average Bonchev–Trinajstić information content (AvgIpc) is 3.15. The van der Waals surface area contributed by atoms with Gasteiger partial charge in [-0.05, 0) is 0 Å². The highest BCUT2D eigenvalue weighted by Crippen LogP contribution is 2.40. The molecule has 1 aliphatic heterocycles. The topological polar surface area (TPSA) is 102 Å². The van der Waals surface area contributed by atoms with Gasteiger partial charge in [-0.1, -0.05) is 11.3 Å². The lowest BCUT2D eigenvalue weighted by atomic mass is 10.3. The molecule has 136 valence electrons. The van der Waals surface area contributed by atoms with E-state index >= 15 is 0 Å². The van der Waals surface area contributed by atoms with Crippen molar-refractivity contribution in [2.45, 2.75) is 10.8 Å². The molecule has 11 heteroatoms. The van der Waals surface area contributed by atoms with E-state index in [4.69, 9.17) is 0 Å². The van der Waals surface area contributed by atoms with Gasteiger partial charge in [0, 0.05) is 57.9 Å². The first-order valence-electron chi connectivity index (χ1n) is 7.67. The highest BCUT2D eigenvalue weighted by molar-refractivity contribution is 7.92. The summed E-state index contributed by atoms with van der Waals surface area (Å²) in [5, 5.41) is 11.7. The summed E-state index contributed by atoms with van der Waals surface area (Å²) in [7, 11) is -1.52. The van der Waals surface area contributed by atoms with Gasteiger partial charge in [0.05, 0.1) is 11.5 Å². The number of thiophene rings is 1. The largest absolute Gasteiger partial charge is 0.355 e. The third kappa shape index (κ3) is 3.83. The minimum Gasteiger partial charge on any atom is -0.355 e. The number of nitro groups is 1. The maximum Gasteiger partial charge on any atom is 0.305 e. The number of imidazole rings is 1. The van der Waals surface area contributed by atoms with Crippen LogP contribution in [0.25, 0.3) is 0 Å². The van der Waals surface area contributed by atoms with Crippen molar-refractivity contribution in [3.63, 3.8) is 0 Å². The van der Waals surface area contributed by atoms with Gasteiger partial charge in [-0.2, -0.15) is 0 Å². The number of piperazine rings is 1. The van der Waals surface area contributed by atoms with Crippen LogP contribution in [0.4, 0.5) is 10.7 Å². The van der Waals surface area contributed by atoms with E-state index in [-0.39, 0.29) is 9.90 Å². The fourth-order valence-corrected chi connectivity index (χ4v) is 4.83. The smallest absolute Gasteiger partial charge is 0.305 e. The number of hydrogen-bond donors (Lipinski definition) is 0. The van der Waals surface area contributed by atoms with Crippen LogP contribution in [0.2, 0.25) is 0 Å². The molecule has 0 amide bonds. The Labute approximate surface area is 149 Å². The number of hydrogen-bond acceptors (Lipinski definition) is 8. The zero-order chi connectivity index (χ0) is 18.2. The third-order valence-corrected chi connectivity index (χ3v) is 7.17. The number of nitrogens with zero attached hydrogens (tertiary/aromatic N) is 5.